The van der Waals surface area contributed by atoms with Crippen LogP contribution in [0.4, 0.5) is 5.69 Å². The minimum atomic E-state index is -1.02. The average Bonchev–Trinajstić information content (AvgIpc) is 3.12. The number of aliphatic hydroxyl groups is 1. The van der Waals surface area contributed by atoms with Crippen molar-refractivity contribution < 1.29 is 29.3 Å². The molecule has 0 aliphatic carbocycles. The number of ketones is 1. The summed E-state index contributed by atoms with van der Waals surface area (Å²) in [5, 5.41) is 21.7. The van der Waals surface area contributed by atoms with E-state index in [4.69, 9.17) is 21.1 Å². The van der Waals surface area contributed by atoms with Gasteiger partial charge in [0.2, 0.25) is 0 Å². The number of aryl methyl sites for hydroxylation is 2. The summed E-state index contributed by atoms with van der Waals surface area (Å²) in [6.45, 7) is 3.60. The fourth-order valence-electron chi connectivity index (χ4n) is 4.32. The lowest BCUT2D eigenvalue weighted by Gasteiger charge is -2.26. The van der Waals surface area contributed by atoms with Crippen molar-refractivity contribution >= 4 is 34.7 Å². The maximum Gasteiger partial charge on any atom is 0.300 e. The first-order valence-electron chi connectivity index (χ1n) is 10.8. The van der Waals surface area contributed by atoms with Crippen LogP contribution in [0.15, 0.2) is 60.2 Å². The zero-order valence-electron chi connectivity index (χ0n) is 19.6. The average molecular weight is 494 g/mol. The number of phenols is 1. The largest absolute Gasteiger partial charge is 0.507 e. The molecule has 1 aliphatic heterocycles. The Morgan fingerprint density at radius 2 is 1.60 bits per heavy atom. The second-order valence-corrected chi connectivity index (χ2v) is 8.60. The summed E-state index contributed by atoms with van der Waals surface area (Å²) in [5.74, 6) is -1.52. The van der Waals surface area contributed by atoms with Crippen molar-refractivity contribution in [3.8, 4) is 17.2 Å². The number of anilines is 1. The molecule has 2 N–H and O–H groups in total. The van der Waals surface area contributed by atoms with Gasteiger partial charge in [0, 0.05) is 11.3 Å². The third-order valence-corrected chi connectivity index (χ3v) is 6.35. The van der Waals surface area contributed by atoms with Gasteiger partial charge in [0.15, 0.2) is 11.5 Å². The van der Waals surface area contributed by atoms with Gasteiger partial charge in [-0.2, -0.15) is 0 Å². The number of phenolic OH excluding ortho intramolecular Hbond substituents is 1. The number of aromatic hydroxyl groups is 1. The Morgan fingerprint density at radius 3 is 2.23 bits per heavy atom. The van der Waals surface area contributed by atoms with E-state index >= 15 is 0 Å². The van der Waals surface area contributed by atoms with Crippen molar-refractivity contribution in [2.24, 2.45) is 0 Å². The molecule has 180 valence electrons. The van der Waals surface area contributed by atoms with Gasteiger partial charge in [0.1, 0.15) is 11.5 Å². The lowest BCUT2D eigenvalue weighted by atomic mass is 9.92. The zero-order chi connectivity index (χ0) is 25.4. The summed E-state index contributed by atoms with van der Waals surface area (Å²) in [4.78, 5) is 28.0. The molecule has 4 rings (SSSR count). The Labute approximate surface area is 207 Å². The van der Waals surface area contributed by atoms with Gasteiger partial charge in [-0.3, -0.25) is 14.5 Å². The molecule has 0 aromatic heterocycles. The number of Topliss-reactive ketones (excluding diaryl/α,β-unsaturated/α-hetero) is 1. The van der Waals surface area contributed by atoms with Gasteiger partial charge in [-0.05, 0) is 66.9 Å². The molecule has 0 spiro atoms. The normalized spacial score (nSPS) is 17.1. The minimum Gasteiger partial charge on any atom is -0.507 e. The molecule has 1 amide bonds. The quantitative estimate of drug-likeness (QED) is 0.284. The summed E-state index contributed by atoms with van der Waals surface area (Å²) in [5.41, 5.74) is 2.56. The summed E-state index contributed by atoms with van der Waals surface area (Å²) < 4.78 is 10.6. The Bertz CT molecular complexity index is 1370. The van der Waals surface area contributed by atoms with Crippen LogP contribution in [-0.4, -0.2) is 36.1 Å². The number of aliphatic hydroxyl groups excluding tert-OH is 1. The number of ether oxygens (including phenoxy) is 2. The van der Waals surface area contributed by atoms with E-state index in [0.717, 1.165) is 5.56 Å². The second-order valence-electron chi connectivity index (χ2n) is 8.19. The highest BCUT2D eigenvalue weighted by atomic mass is 35.5. The molecule has 1 heterocycles. The number of amides is 1. The van der Waals surface area contributed by atoms with E-state index in [2.05, 4.69) is 0 Å². The highest BCUT2D eigenvalue weighted by molar-refractivity contribution is 6.51. The molecule has 1 unspecified atom stereocenters. The summed E-state index contributed by atoms with van der Waals surface area (Å²) in [6, 6.07) is 14.1. The molecule has 3 aromatic rings. The smallest absolute Gasteiger partial charge is 0.300 e. The maximum atomic E-state index is 13.4. The number of para-hydroxylation sites is 1. The highest BCUT2D eigenvalue weighted by Gasteiger charge is 2.47. The zero-order valence-corrected chi connectivity index (χ0v) is 20.4. The van der Waals surface area contributed by atoms with Crippen molar-refractivity contribution in [1.82, 2.24) is 0 Å². The lowest BCUT2D eigenvalue weighted by Crippen LogP contribution is -2.29. The summed E-state index contributed by atoms with van der Waals surface area (Å²) >= 11 is 6.26. The summed E-state index contributed by atoms with van der Waals surface area (Å²) in [7, 11) is 2.92. The van der Waals surface area contributed by atoms with Crippen LogP contribution in [0.3, 0.4) is 0 Å². The van der Waals surface area contributed by atoms with Gasteiger partial charge in [-0.25, -0.2) is 0 Å². The van der Waals surface area contributed by atoms with Crippen LogP contribution in [0.1, 0.15) is 28.3 Å². The molecule has 1 atom stereocenters. The van der Waals surface area contributed by atoms with Crippen LogP contribution in [0.2, 0.25) is 5.02 Å². The Hall–Kier alpha value is -3.97. The third-order valence-electron chi connectivity index (χ3n) is 6.06. The van der Waals surface area contributed by atoms with Gasteiger partial charge in [-0.15, -0.1) is 0 Å². The molecule has 0 radical (unpaired) electrons. The van der Waals surface area contributed by atoms with Gasteiger partial charge in [0.05, 0.1) is 30.9 Å². The van der Waals surface area contributed by atoms with Crippen LogP contribution in [0.5, 0.6) is 17.2 Å². The molecule has 3 aromatic carbocycles. The third kappa shape index (κ3) is 4.08. The molecule has 7 nitrogen and oxygen atoms in total. The van der Waals surface area contributed by atoms with Crippen molar-refractivity contribution in [2.75, 3.05) is 19.1 Å². The van der Waals surface area contributed by atoms with E-state index < -0.39 is 17.7 Å². The van der Waals surface area contributed by atoms with Crippen molar-refractivity contribution in [1.29, 1.82) is 0 Å². The van der Waals surface area contributed by atoms with Crippen molar-refractivity contribution in [3.63, 3.8) is 0 Å². The number of benzene rings is 3. The van der Waals surface area contributed by atoms with Crippen LogP contribution in [0.25, 0.3) is 5.76 Å². The fraction of sp³-hybridized carbons (Fsp3) is 0.185. The number of rotatable bonds is 5. The van der Waals surface area contributed by atoms with Gasteiger partial charge in [-0.1, -0.05) is 29.8 Å². The Kier molecular flexibility index (Phi) is 6.45. The van der Waals surface area contributed by atoms with Gasteiger partial charge < -0.3 is 19.7 Å². The van der Waals surface area contributed by atoms with Gasteiger partial charge >= 0.3 is 0 Å². The summed E-state index contributed by atoms with van der Waals surface area (Å²) in [6.07, 6.45) is 0. The molecule has 1 aliphatic rings. The van der Waals surface area contributed by atoms with Crippen molar-refractivity contribution in [3.05, 3.63) is 87.4 Å². The topological polar surface area (TPSA) is 96.3 Å². The minimum absolute atomic E-state index is 0.0190. The van der Waals surface area contributed by atoms with E-state index in [-0.39, 0.29) is 27.9 Å². The SMILES string of the molecule is COc1cc(C)c(/C(O)=C2\C(=O)C(=O)N(c3ccccc3)C2c2cc(Cl)c(O)c(OC)c2)cc1C. The molecule has 8 heteroatoms. The second kappa shape index (κ2) is 9.35. The van der Waals surface area contributed by atoms with Gasteiger partial charge in [0.25, 0.3) is 11.7 Å². The number of carbonyl (C=O) groups excluding carboxylic acids is 2. The fourth-order valence-corrected chi connectivity index (χ4v) is 4.54. The molecular formula is C27H24ClNO6. The number of hydrogen-bond acceptors (Lipinski definition) is 6. The first-order chi connectivity index (χ1) is 16.7. The monoisotopic (exact) mass is 493 g/mol. The number of carbonyl (C=O) groups is 2. The lowest BCUT2D eigenvalue weighted by molar-refractivity contribution is -0.132. The molecule has 0 bridgehead atoms. The first-order valence-corrected chi connectivity index (χ1v) is 11.2. The Balaban J connectivity index is 2.02. The van der Waals surface area contributed by atoms with E-state index in [1.807, 2.05) is 6.92 Å². The molecule has 0 saturated carbocycles. The first kappa shape index (κ1) is 24.2. The van der Waals surface area contributed by atoms with E-state index in [1.165, 1.54) is 24.1 Å². The van der Waals surface area contributed by atoms with Crippen LogP contribution in [-0.2, 0) is 9.59 Å². The Morgan fingerprint density at radius 1 is 0.943 bits per heavy atom. The van der Waals surface area contributed by atoms with Crippen LogP contribution < -0.4 is 14.4 Å². The van der Waals surface area contributed by atoms with Crippen LogP contribution >= 0.6 is 11.6 Å². The molecular weight excluding hydrogens is 470 g/mol. The number of hydrogen-bond donors (Lipinski definition) is 2. The van der Waals surface area contributed by atoms with E-state index in [9.17, 15) is 19.8 Å². The van der Waals surface area contributed by atoms with Crippen molar-refractivity contribution in [2.45, 2.75) is 19.9 Å². The predicted octanol–water partition coefficient (Wildman–Crippen LogP) is 5.31. The number of nitrogens with zero attached hydrogens (tertiary/aromatic N) is 1. The molecule has 1 saturated heterocycles. The maximum absolute atomic E-state index is 13.4. The predicted molar refractivity (Wildman–Crippen MR) is 133 cm³/mol. The van der Waals surface area contributed by atoms with E-state index in [0.29, 0.717) is 28.1 Å². The number of halogens is 1. The standard InChI is InChI=1S/C27H24ClNO6/c1-14-11-20(34-3)15(2)10-18(14)24(30)22-23(16-12-19(28)25(31)21(13-16)35-4)29(27(33)26(22)32)17-8-6-5-7-9-17/h5-13,23,30-31H,1-4H3/b24-22+. The molecule has 1 fully saturated rings. The number of methoxy groups -OCH3 is 2. The molecule has 35 heavy (non-hydrogen) atoms. The van der Waals surface area contributed by atoms with Crippen LogP contribution in [0, 0.1) is 13.8 Å². The highest BCUT2D eigenvalue weighted by Crippen LogP contribution is 2.46. The van der Waals surface area contributed by atoms with E-state index in [1.54, 1.807) is 56.5 Å².